The van der Waals surface area contributed by atoms with Gasteiger partial charge in [0.25, 0.3) is 0 Å². The van der Waals surface area contributed by atoms with Crippen LogP contribution >= 0.6 is 0 Å². The molecule has 0 aliphatic heterocycles. The van der Waals surface area contributed by atoms with Crippen LogP contribution in [0, 0.1) is 25.7 Å². The van der Waals surface area contributed by atoms with E-state index >= 15 is 0 Å². The van der Waals surface area contributed by atoms with Gasteiger partial charge in [0.1, 0.15) is 0 Å². The fourth-order valence-electron chi connectivity index (χ4n) is 2.85. The van der Waals surface area contributed by atoms with Crippen molar-refractivity contribution in [1.29, 1.82) is 0 Å². The lowest BCUT2D eigenvalue weighted by Crippen LogP contribution is -1.94. The van der Waals surface area contributed by atoms with Crippen molar-refractivity contribution in [2.24, 2.45) is 11.8 Å². The highest BCUT2D eigenvalue weighted by molar-refractivity contribution is 4.81. The van der Waals surface area contributed by atoms with Crippen LogP contribution in [0.3, 0.4) is 0 Å². The molecular formula is C21H40. The van der Waals surface area contributed by atoms with Crippen LogP contribution in [0.5, 0.6) is 0 Å². The maximum atomic E-state index is 3.92. The first-order valence-corrected chi connectivity index (χ1v) is 9.44. The Morgan fingerprint density at radius 1 is 0.619 bits per heavy atom. The Kier molecular flexibility index (Phi) is 15.9. The normalized spacial score (nSPS) is 14.7. The van der Waals surface area contributed by atoms with E-state index in [1.807, 2.05) is 0 Å². The molecule has 21 heavy (non-hydrogen) atoms. The largest absolute Gasteiger partial charge is 0.0885 e. The van der Waals surface area contributed by atoms with Crippen LogP contribution in [0.4, 0.5) is 0 Å². The maximum absolute atomic E-state index is 3.92. The van der Waals surface area contributed by atoms with E-state index in [0.29, 0.717) is 0 Å². The quantitative estimate of drug-likeness (QED) is 0.216. The monoisotopic (exact) mass is 292 g/mol. The van der Waals surface area contributed by atoms with Gasteiger partial charge in [-0.25, -0.2) is 0 Å². The van der Waals surface area contributed by atoms with Gasteiger partial charge in [0.15, 0.2) is 0 Å². The lowest BCUT2D eigenvalue weighted by atomic mass is 9.97. The van der Waals surface area contributed by atoms with E-state index < -0.39 is 0 Å². The molecule has 0 aromatic rings. The molecule has 0 aromatic heterocycles. The third-order valence-corrected chi connectivity index (χ3v) is 4.45. The van der Waals surface area contributed by atoms with Crippen LogP contribution in [0.2, 0.25) is 0 Å². The minimum atomic E-state index is 0.889. The van der Waals surface area contributed by atoms with Gasteiger partial charge in [-0.15, -0.1) is 0 Å². The Morgan fingerprint density at radius 2 is 1.05 bits per heavy atom. The van der Waals surface area contributed by atoms with Gasteiger partial charge < -0.3 is 0 Å². The highest BCUT2D eigenvalue weighted by atomic mass is 14.1. The smallest absolute Gasteiger partial charge is 0.0351 e. The molecule has 124 valence electrons. The summed E-state index contributed by atoms with van der Waals surface area (Å²) in [5.41, 5.74) is 0. The van der Waals surface area contributed by atoms with Crippen LogP contribution in [0.15, 0.2) is 12.2 Å². The Morgan fingerprint density at radius 3 is 1.57 bits per heavy atom. The standard InChI is InChI=1S/C21H40/c1-5-7-16-20(3)18-14-12-10-9-11-13-15-19-21(4)17-8-6-2/h9-10,20-21H,1-2,5-8,11-19H2,3-4H3/b10-9+. The second-order valence-electron chi connectivity index (χ2n) is 6.89. The molecule has 0 saturated heterocycles. The zero-order valence-electron chi connectivity index (χ0n) is 14.9. The summed E-state index contributed by atoms with van der Waals surface area (Å²) < 4.78 is 0. The second-order valence-corrected chi connectivity index (χ2v) is 6.89. The van der Waals surface area contributed by atoms with Gasteiger partial charge in [0, 0.05) is 0 Å². The Balaban J connectivity index is 3.29. The summed E-state index contributed by atoms with van der Waals surface area (Å²) in [6.07, 6.45) is 21.8. The van der Waals surface area contributed by atoms with Gasteiger partial charge >= 0.3 is 0 Å². The first kappa shape index (κ1) is 20.7. The Bertz CT molecular complexity index is 216. The van der Waals surface area contributed by atoms with Crippen molar-refractivity contribution in [2.45, 2.75) is 97.3 Å². The molecule has 0 bridgehead atoms. The van der Waals surface area contributed by atoms with Crippen molar-refractivity contribution in [3.8, 4) is 0 Å². The second kappa shape index (κ2) is 16.1. The number of rotatable bonds is 15. The first-order valence-electron chi connectivity index (χ1n) is 9.44. The summed E-state index contributed by atoms with van der Waals surface area (Å²) >= 11 is 0. The molecular weight excluding hydrogens is 252 g/mol. The highest BCUT2D eigenvalue weighted by Crippen LogP contribution is 2.17. The fourth-order valence-corrected chi connectivity index (χ4v) is 2.85. The van der Waals surface area contributed by atoms with E-state index in [9.17, 15) is 0 Å². The summed E-state index contributed by atoms with van der Waals surface area (Å²) in [5, 5.41) is 0. The number of hydrogen-bond acceptors (Lipinski definition) is 0. The Labute approximate surface area is 135 Å². The van der Waals surface area contributed by atoms with E-state index in [0.717, 1.165) is 24.7 Å². The molecule has 0 N–H and O–H groups in total. The minimum Gasteiger partial charge on any atom is -0.0885 e. The molecule has 0 spiro atoms. The molecule has 0 saturated carbocycles. The lowest BCUT2D eigenvalue weighted by molar-refractivity contribution is 0.454. The first-order chi connectivity index (χ1) is 10.2. The van der Waals surface area contributed by atoms with Gasteiger partial charge in [-0.1, -0.05) is 97.6 Å². The van der Waals surface area contributed by atoms with Gasteiger partial charge in [-0.05, 0) is 37.5 Å². The fraction of sp³-hybridized carbons (Fsp3) is 0.810. The minimum absolute atomic E-state index is 0.889. The SMILES string of the molecule is [CH2]CCCC(C)CCC/C=C/CCCCC(C)CCC[CH2]. The van der Waals surface area contributed by atoms with Crippen LogP contribution in [-0.2, 0) is 0 Å². The molecule has 0 heterocycles. The zero-order chi connectivity index (χ0) is 15.8. The molecule has 2 atom stereocenters. The van der Waals surface area contributed by atoms with Crippen LogP contribution < -0.4 is 0 Å². The van der Waals surface area contributed by atoms with Gasteiger partial charge in [-0.3, -0.25) is 0 Å². The molecule has 0 aromatic carbocycles. The van der Waals surface area contributed by atoms with Crippen molar-refractivity contribution >= 4 is 0 Å². The van der Waals surface area contributed by atoms with Crippen LogP contribution in [0.1, 0.15) is 97.3 Å². The van der Waals surface area contributed by atoms with E-state index in [1.54, 1.807) is 0 Å². The molecule has 0 amide bonds. The van der Waals surface area contributed by atoms with Gasteiger partial charge in [0.2, 0.25) is 0 Å². The zero-order valence-corrected chi connectivity index (χ0v) is 14.9. The van der Waals surface area contributed by atoms with Crippen LogP contribution in [0.25, 0.3) is 0 Å². The van der Waals surface area contributed by atoms with E-state index in [2.05, 4.69) is 39.8 Å². The molecule has 0 aliphatic carbocycles. The summed E-state index contributed by atoms with van der Waals surface area (Å²) in [6, 6.07) is 0. The molecule has 2 unspecified atom stereocenters. The van der Waals surface area contributed by atoms with Crippen LogP contribution in [-0.4, -0.2) is 0 Å². The van der Waals surface area contributed by atoms with E-state index in [-0.39, 0.29) is 0 Å². The van der Waals surface area contributed by atoms with E-state index in [4.69, 9.17) is 0 Å². The summed E-state index contributed by atoms with van der Waals surface area (Å²) in [4.78, 5) is 0. The topological polar surface area (TPSA) is 0 Å². The average molecular weight is 293 g/mol. The van der Waals surface area contributed by atoms with Crippen molar-refractivity contribution < 1.29 is 0 Å². The van der Waals surface area contributed by atoms with Gasteiger partial charge in [-0.2, -0.15) is 0 Å². The highest BCUT2D eigenvalue weighted by Gasteiger charge is 2.01. The lowest BCUT2D eigenvalue weighted by Gasteiger charge is -2.09. The van der Waals surface area contributed by atoms with Crippen molar-refractivity contribution in [3.05, 3.63) is 26.0 Å². The third kappa shape index (κ3) is 15.9. The Hall–Kier alpha value is -0.260. The summed E-state index contributed by atoms with van der Waals surface area (Å²) in [5.74, 6) is 1.79. The summed E-state index contributed by atoms with van der Waals surface area (Å²) in [7, 11) is 0. The molecule has 0 nitrogen and oxygen atoms in total. The maximum Gasteiger partial charge on any atom is -0.0351 e. The number of unbranched alkanes of at least 4 members (excludes halogenated alkanes) is 5. The predicted molar refractivity (Wildman–Crippen MR) is 98.2 cm³/mol. The third-order valence-electron chi connectivity index (χ3n) is 4.45. The summed E-state index contributed by atoms with van der Waals surface area (Å²) in [6.45, 7) is 12.6. The van der Waals surface area contributed by atoms with Crippen molar-refractivity contribution in [2.75, 3.05) is 0 Å². The molecule has 0 heteroatoms. The molecule has 0 rings (SSSR count). The molecule has 2 radical (unpaired) electrons. The number of hydrogen-bond donors (Lipinski definition) is 0. The predicted octanol–water partition coefficient (Wildman–Crippen LogP) is 7.55. The van der Waals surface area contributed by atoms with Crippen molar-refractivity contribution in [1.82, 2.24) is 0 Å². The van der Waals surface area contributed by atoms with Gasteiger partial charge in [0.05, 0.1) is 0 Å². The van der Waals surface area contributed by atoms with Crippen molar-refractivity contribution in [3.63, 3.8) is 0 Å². The molecule has 0 aliphatic rings. The van der Waals surface area contributed by atoms with E-state index in [1.165, 1.54) is 70.6 Å². The number of allylic oxidation sites excluding steroid dienone is 2. The molecule has 0 fully saturated rings. The average Bonchev–Trinajstić information content (AvgIpc) is 2.49.